The van der Waals surface area contributed by atoms with E-state index in [-0.39, 0.29) is 17.9 Å². The maximum absolute atomic E-state index is 13.3. The highest BCUT2D eigenvalue weighted by Gasteiger charge is 2.32. The molecule has 34 heavy (non-hydrogen) atoms. The van der Waals surface area contributed by atoms with Crippen molar-refractivity contribution in [1.29, 1.82) is 0 Å². The Kier molecular flexibility index (Phi) is 7.05. The van der Waals surface area contributed by atoms with Crippen molar-refractivity contribution in [2.45, 2.75) is 57.2 Å². The van der Waals surface area contributed by atoms with Crippen molar-refractivity contribution in [3.8, 4) is 5.88 Å². The first kappa shape index (κ1) is 24.0. The highest BCUT2D eigenvalue weighted by atomic mass is 19.4. The Morgan fingerprint density at radius 2 is 1.88 bits per heavy atom. The van der Waals surface area contributed by atoms with E-state index in [0.29, 0.717) is 28.3 Å². The third kappa shape index (κ3) is 5.16. The van der Waals surface area contributed by atoms with Crippen molar-refractivity contribution in [1.82, 2.24) is 15.3 Å². The number of carbonyl (C=O) groups excluding carboxylic acids is 1. The number of halogens is 3. The zero-order chi connectivity index (χ0) is 24.3. The molecule has 0 saturated heterocycles. The van der Waals surface area contributed by atoms with E-state index in [1.807, 2.05) is 6.07 Å². The van der Waals surface area contributed by atoms with Gasteiger partial charge in [-0.05, 0) is 79.8 Å². The molecule has 1 atom stereocenters. The number of nitrogens with zero attached hydrogens (tertiary/aromatic N) is 2. The summed E-state index contributed by atoms with van der Waals surface area (Å²) >= 11 is 0. The molecule has 5 nitrogen and oxygen atoms in total. The number of ether oxygens (including phenoxy) is 1. The fraction of sp³-hybridized carbons (Fsp3) is 0.423. The van der Waals surface area contributed by atoms with Gasteiger partial charge in [-0.1, -0.05) is 6.92 Å². The average molecular weight is 472 g/mol. The molecule has 2 aromatic heterocycles. The first-order valence-corrected chi connectivity index (χ1v) is 11.6. The van der Waals surface area contributed by atoms with Gasteiger partial charge in [0.2, 0.25) is 5.88 Å². The third-order valence-electron chi connectivity index (χ3n) is 6.85. The largest absolute Gasteiger partial charge is 0.481 e. The number of hydrogen-bond donors (Lipinski definition) is 1. The minimum Gasteiger partial charge on any atom is -0.481 e. The zero-order valence-electron chi connectivity index (χ0n) is 19.2. The second-order valence-corrected chi connectivity index (χ2v) is 8.82. The molecule has 0 spiro atoms. The topological polar surface area (TPSA) is 64.1 Å². The van der Waals surface area contributed by atoms with Gasteiger partial charge in [0, 0.05) is 29.9 Å². The lowest BCUT2D eigenvalue weighted by Crippen LogP contribution is -2.41. The Morgan fingerprint density at radius 1 is 1.12 bits per heavy atom. The smallest absolute Gasteiger partial charge is 0.416 e. The monoisotopic (exact) mass is 471 g/mol. The van der Waals surface area contributed by atoms with Crippen molar-refractivity contribution < 1.29 is 22.7 Å². The summed E-state index contributed by atoms with van der Waals surface area (Å²) in [6.07, 6.45) is 3.10. The van der Waals surface area contributed by atoms with Crippen LogP contribution in [0.1, 0.15) is 66.4 Å². The molecule has 0 bridgehead atoms. The number of fused-ring (bicyclic) bond motifs is 1. The zero-order valence-corrected chi connectivity index (χ0v) is 19.2. The van der Waals surface area contributed by atoms with Gasteiger partial charge in [0.05, 0.1) is 23.8 Å². The molecule has 1 N–H and O–H groups in total. The van der Waals surface area contributed by atoms with E-state index in [0.717, 1.165) is 43.7 Å². The Bertz CT molecular complexity index is 1140. The maximum atomic E-state index is 13.3. The van der Waals surface area contributed by atoms with E-state index >= 15 is 0 Å². The lowest BCUT2D eigenvalue weighted by molar-refractivity contribution is -0.137. The van der Waals surface area contributed by atoms with Gasteiger partial charge in [0.15, 0.2) is 0 Å². The van der Waals surface area contributed by atoms with Crippen molar-refractivity contribution >= 4 is 16.8 Å². The van der Waals surface area contributed by atoms with Gasteiger partial charge >= 0.3 is 6.18 Å². The average Bonchev–Trinajstić information content (AvgIpc) is 2.86. The van der Waals surface area contributed by atoms with E-state index in [4.69, 9.17) is 4.74 Å². The first-order valence-electron chi connectivity index (χ1n) is 11.6. The van der Waals surface area contributed by atoms with E-state index in [2.05, 4.69) is 22.2 Å². The quantitative estimate of drug-likeness (QED) is 0.469. The van der Waals surface area contributed by atoms with Crippen LogP contribution in [0.25, 0.3) is 10.9 Å². The highest BCUT2D eigenvalue weighted by molar-refractivity contribution is 5.94. The molecule has 1 aromatic carbocycles. The first-order chi connectivity index (χ1) is 16.3. The van der Waals surface area contributed by atoms with Crippen LogP contribution < -0.4 is 10.1 Å². The van der Waals surface area contributed by atoms with Crippen LogP contribution in [0.15, 0.2) is 48.8 Å². The van der Waals surface area contributed by atoms with Crippen molar-refractivity contribution in [3.63, 3.8) is 0 Å². The second kappa shape index (κ2) is 9.99. The van der Waals surface area contributed by atoms with Crippen LogP contribution in [0.4, 0.5) is 13.2 Å². The van der Waals surface area contributed by atoms with Crippen molar-refractivity contribution in [3.05, 3.63) is 65.5 Å². The number of rotatable bonds is 6. The van der Waals surface area contributed by atoms with Crippen LogP contribution in [0.3, 0.4) is 0 Å². The molecule has 180 valence electrons. The Labute approximate surface area is 196 Å². The fourth-order valence-corrected chi connectivity index (χ4v) is 4.97. The second-order valence-electron chi connectivity index (χ2n) is 8.82. The van der Waals surface area contributed by atoms with E-state index in [1.54, 1.807) is 18.3 Å². The molecule has 4 rings (SSSR count). The molecule has 0 aliphatic heterocycles. The van der Waals surface area contributed by atoms with Crippen LogP contribution in [0.5, 0.6) is 5.88 Å². The number of amides is 1. The molecule has 3 aromatic rings. The summed E-state index contributed by atoms with van der Waals surface area (Å²) in [5, 5.41) is 3.72. The van der Waals surface area contributed by atoms with E-state index < -0.39 is 11.7 Å². The summed E-state index contributed by atoms with van der Waals surface area (Å²) in [5.41, 5.74) is 1.34. The minimum absolute atomic E-state index is 0.0292. The molecule has 1 fully saturated rings. The number of methoxy groups -OCH3 is 1. The standard InChI is InChI=1S/C26H28F3N3O2/c1-3-22(32-25(33)18-8-11-24(34-2)31-15-18)17-6-4-16(5-7-17)20-12-13-30-23-10-9-19(14-21(20)23)26(27,28)29/h8-17,22H,3-7H2,1-2H3,(H,32,33)/t16-,17+,22-/m0/s1. The summed E-state index contributed by atoms with van der Waals surface area (Å²) in [5.74, 6) is 0.774. The van der Waals surface area contributed by atoms with Crippen LogP contribution in [-0.4, -0.2) is 29.0 Å². The van der Waals surface area contributed by atoms with E-state index in [9.17, 15) is 18.0 Å². The maximum Gasteiger partial charge on any atom is 0.416 e. The number of carbonyl (C=O) groups is 1. The van der Waals surface area contributed by atoms with Gasteiger partial charge in [0.25, 0.3) is 5.91 Å². The highest BCUT2D eigenvalue weighted by Crippen LogP contribution is 2.41. The molecule has 0 unspecified atom stereocenters. The molecule has 1 amide bonds. The third-order valence-corrected chi connectivity index (χ3v) is 6.85. The molecule has 1 aliphatic carbocycles. The number of aromatic nitrogens is 2. The molecule has 8 heteroatoms. The summed E-state index contributed by atoms with van der Waals surface area (Å²) in [4.78, 5) is 21.1. The Hall–Kier alpha value is -3.16. The van der Waals surface area contributed by atoms with Gasteiger partial charge < -0.3 is 10.1 Å². The van der Waals surface area contributed by atoms with Gasteiger partial charge in [-0.25, -0.2) is 4.98 Å². The molecule has 0 radical (unpaired) electrons. The summed E-state index contributed by atoms with van der Waals surface area (Å²) in [7, 11) is 1.52. The van der Waals surface area contributed by atoms with Crippen LogP contribution >= 0.6 is 0 Å². The summed E-state index contributed by atoms with van der Waals surface area (Å²) in [6, 6.07) is 8.98. The molecular formula is C26H28F3N3O2. The predicted molar refractivity (Wildman–Crippen MR) is 124 cm³/mol. The minimum atomic E-state index is -4.38. The molecule has 2 heterocycles. The van der Waals surface area contributed by atoms with Crippen molar-refractivity contribution in [2.75, 3.05) is 7.11 Å². The van der Waals surface area contributed by atoms with Crippen LogP contribution in [-0.2, 0) is 6.18 Å². The van der Waals surface area contributed by atoms with Crippen LogP contribution in [0.2, 0.25) is 0 Å². The van der Waals surface area contributed by atoms with Gasteiger partial charge in [0.1, 0.15) is 0 Å². The Morgan fingerprint density at radius 3 is 2.50 bits per heavy atom. The van der Waals surface area contributed by atoms with E-state index in [1.165, 1.54) is 25.4 Å². The molecule has 1 aliphatic rings. The lowest BCUT2D eigenvalue weighted by atomic mass is 9.75. The normalized spacial score (nSPS) is 19.6. The molecular weight excluding hydrogens is 443 g/mol. The van der Waals surface area contributed by atoms with Crippen LogP contribution in [0, 0.1) is 5.92 Å². The number of benzene rings is 1. The molecule has 1 saturated carbocycles. The SMILES string of the molecule is CC[C@H](NC(=O)c1ccc(OC)nc1)[C@H]1CC[C@@H](c2ccnc3ccc(C(F)(F)F)cc32)CC1. The van der Waals surface area contributed by atoms with Gasteiger partial charge in [-0.3, -0.25) is 9.78 Å². The summed E-state index contributed by atoms with van der Waals surface area (Å²) < 4.78 is 44.8. The lowest BCUT2D eigenvalue weighted by Gasteiger charge is -2.34. The number of pyridine rings is 2. The number of nitrogens with one attached hydrogen (secondary N) is 1. The van der Waals surface area contributed by atoms with Crippen molar-refractivity contribution in [2.24, 2.45) is 5.92 Å². The summed E-state index contributed by atoms with van der Waals surface area (Å²) in [6.45, 7) is 2.05. The Balaban J connectivity index is 1.44. The fourth-order valence-electron chi connectivity index (χ4n) is 4.97. The van der Waals surface area contributed by atoms with Gasteiger partial charge in [-0.15, -0.1) is 0 Å². The predicted octanol–water partition coefficient (Wildman–Crippen LogP) is 6.14. The van der Waals surface area contributed by atoms with Gasteiger partial charge in [-0.2, -0.15) is 13.2 Å². The number of alkyl halides is 3. The number of hydrogen-bond acceptors (Lipinski definition) is 4.